The highest BCUT2D eigenvalue weighted by Gasteiger charge is 2.20. The fraction of sp³-hybridized carbons (Fsp3) is 0.278. The minimum Gasteiger partial charge on any atom is -0.482 e. The summed E-state index contributed by atoms with van der Waals surface area (Å²) in [6.07, 6.45) is 0. The highest BCUT2D eigenvalue weighted by molar-refractivity contribution is 7.89. The van der Waals surface area contributed by atoms with Crippen LogP contribution in [0.5, 0.6) is 5.75 Å². The molecule has 9 heteroatoms. The van der Waals surface area contributed by atoms with Crippen LogP contribution in [0.15, 0.2) is 47.4 Å². The number of anilines is 2. The molecule has 1 N–H and O–H groups in total. The van der Waals surface area contributed by atoms with Gasteiger partial charge in [-0.1, -0.05) is 23.7 Å². The predicted octanol–water partition coefficient (Wildman–Crippen LogP) is 2.67. The quantitative estimate of drug-likeness (QED) is 0.757. The van der Waals surface area contributed by atoms with Gasteiger partial charge in [-0.3, -0.25) is 4.79 Å². The number of benzene rings is 2. The van der Waals surface area contributed by atoms with Gasteiger partial charge in [-0.15, -0.1) is 0 Å². The Hall–Kier alpha value is -2.29. The summed E-state index contributed by atoms with van der Waals surface area (Å²) in [5.41, 5.74) is 1.04. The zero-order valence-electron chi connectivity index (χ0n) is 15.6. The Bertz CT molecular complexity index is 930. The van der Waals surface area contributed by atoms with Crippen molar-refractivity contribution >= 4 is 38.9 Å². The van der Waals surface area contributed by atoms with Gasteiger partial charge in [0.25, 0.3) is 5.91 Å². The van der Waals surface area contributed by atoms with Gasteiger partial charge in [-0.2, -0.15) is 0 Å². The number of carbonyl (C=O) groups is 1. The summed E-state index contributed by atoms with van der Waals surface area (Å²) in [7, 11) is 2.87. The summed E-state index contributed by atoms with van der Waals surface area (Å²) in [6.45, 7) is -0.263. The van der Waals surface area contributed by atoms with Gasteiger partial charge in [0.15, 0.2) is 6.61 Å². The van der Waals surface area contributed by atoms with E-state index in [4.69, 9.17) is 16.3 Å². The lowest BCUT2D eigenvalue weighted by atomic mass is 10.2. The molecule has 2 rings (SSSR count). The van der Waals surface area contributed by atoms with E-state index in [0.29, 0.717) is 22.1 Å². The number of para-hydroxylation sites is 1. The summed E-state index contributed by atoms with van der Waals surface area (Å²) < 4.78 is 31.3. The molecular weight excluding hydrogens is 390 g/mol. The van der Waals surface area contributed by atoms with E-state index in [1.807, 2.05) is 0 Å². The van der Waals surface area contributed by atoms with Gasteiger partial charge >= 0.3 is 0 Å². The van der Waals surface area contributed by atoms with Gasteiger partial charge < -0.3 is 15.0 Å². The van der Waals surface area contributed by atoms with Crippen LogP contribution in [0, 0.1) is 0 Å². The van der Waals surface area contributed by atoms with Crippen molar-refractivity contribution < 1.29 is 17.9 Å². The smallest absolute Gasteiger partial charge is 0.262 e. The van der Waals surface area contributed by atoms with Crippen LogP contribution in [0.2, 0.25) is 5.02 Å². The second kappa shape index (κ2) is 8.60. The number of hydrogen-bond donors (Lipinski definition) is 1. The average molecular weight is 412 g/mol. The Labute approximate surface area is 164 Å². The van der Waals surface area contributed by atoms with E-state index in [0.717, 1.165) is 4.31 Å². The Morgan fingerprint density at radius 1 is 1.11 bits per heavy atom. The first kappa shape index (κ1) is 21.0. The van der Waals surface area contributed by atoms with Crippen LogP contribution in [-0.2, 0) is 14.8 Å². The molecule has 0 fully saturated rings. The number of halogens is 1. The van der Waals surface area contributed by atoms with Gasteiger partial charge in [0.2, 0.25) is 10.0 Å². The largest absolute Gasteiger partial charge is 0.482 e. The van der Waals surface area contributed by atoms with E-state index in [1.165, 1.54) is 26.2 Å². The van der Waals surface area contributed by atoms with E-state index >= 15 is 0 Å². The van der Waals surface area contributed by atoms with Crippen LogP contribution in [0.25, 0.3) is 0 Å². The van der Waals surface area contributed by atoms with Crippen molar-refractivity contribution in [2.75, 3.05) is 45.0 Å². The first-order valence-electron chi connectivity index (χ1n) is 8.04. The first-order valence-corrected chi connectivity index (χ1v) is 9.86. The molecule has 0 bridgehead atoms. The summed E-state index contributed by atoms with van der Waals surface area (Å²) >= 11 is 6.00. The number of rotatable bonds is 7. The molecule has 2 aromatic rings. The van der Waals surface area contributed by atoms with Crippen LogP contribution in [0.3, 0.4) is 0 Å². The van der Waals surface area contributed by atoms with Gasteiger partial charge in [0.1, 0.15) is 5.75 Å². The van der Waals surface area contributed by atoms with Gasteiger partial charge in [0.05, 0.1) is 21.3 Å². The molecule has 0 aliphatic carbocycles. The Kier molecular flexibility index (Phi) is 6.69. The summed E-state index contributed by atoms with van der Waals surface area (Å²) in [5.74, 6) is -0.0384. The molecule has 0 aromatic heterocycles. The van der Waals surface area contributed by atoms with Crippen LogP contribution >= 0.6 is 11.6 Å². The molecule has 0 atom stereocenters. The molecule has 0 spiro atoms. The van der Waals surface area contributed by atoms with E-state index in [1.54, 1.807) is 49.3 Å². The molecule has 7 nitrogen and oxygen atoms in total. The Balaban J connectivity index is 2.22. The Morgan fingerprint density at radius 3 is 2.37 bits per heavy atom. The van der Waals surface area contributed by atoms with Crippen molar-refractivity contribution in [1.29, 1.82) is 0 Å². The number of carbonyl (C=O) groups excluding carboxylic acids is 1. The molecule has 0 unspecified atom stereocenters. The summed E-state index contributed by atoms with van der Waals surface area (Å²) in [6, 6.07) is 11.4. The molecule has 0 aliphatic rings. The lowest BCUT2D eigenvalue weighted by Crippen LogP contribution is -2.24. The number of amides is 1. The fourth-order valence-corrected chi connectivity index (χ4v) is 3.39. The first-order chi connectivity index (χ1) is 12.6. The summed E-state index contributed by atoms with van der Waals surface area (Å²) in [4.78, 5) is 14.2. The van der Waals surface area contributed by atoms with Crippen LogP contribution in [0.1, 0.15) is 0 Å². The second-order valence-electron chi connectivity index (χ2n) is 6.13. The highest BCUT2D eigenvalue weighted by atomic mass is 35.5. The maximum atomic E-state index is 12.4. The zero-order chi connectivity index (χ0) is 20.2. The lowest BCUT2D eigenvalue weighted by molar-refractivity contribution is -0.118. The maximum absolute atomic E-state index is 12.4. The third-order valence-electron chi connectivity index (χ3n) is 3.70. The SMILES string of the molecule is CN(C)c1ccc(S(=O)(=O)N(C)C)cc1NC(=O)COc1ccccc1Cl. The molecule has 1 amide bonds. The summed E-state index contributed by atoms with van der Waals surface area (Å²) in [5, 5.41) is 3.10. The zero-order valence-corrected chi connectivity index (χ0v) is 17.1. The third-order valence-corrected chi connectivity index (χ3v) is 5.82. The molecule has 0 radical (unpaired) electrons. The lowest BCUT2D eigenvalue weighted by Gasteiger charge is -2.20. The van der Waals surface area contributed by atoms with Gasteiger partial charge in [-0.25, -0.2) is 12.7 Å². The van der Waals surface area contributed by atoms with Crippen LogP contribution < -0.4 is 15.0 Å². The average Bonchev–Trinajstić information content (AvgIpc) is 2.60. The van der Waals surface area contributed by atoms with Crippen molar-refractivity contribution in [2.45, 2.75) is 4.90 Å². The van der Waals surface area contributed by atoms with Crippen molar-refractivity contribution in [3.05, 3.63) is 47.5 Å². The molecule has 0 saturated carbocycles. The number of nitrogens with zero attached hydrogens (tertiary/aromatic N) is 2. The standard InChI is InChI=1S/C18H22ClN3O4S/c1-21(2)16-10-9-13(27(24,25)22(3)4)11-15(16)20-18(23)12-26-17-8-6-5-7-14(17)19/h5-11H,12H2,1-4H3,(H,20,23). The number of hydrogen-bond acceptors (Lipinski definition) is 5. The van der Waals surface area contributed by atoms with E-state index < -0.39 is 15.9 Å². The molecule has 2 aromatic carbocycles. The number of nitrogens with one attached hydrogen (secondary N) is 1. The van der Waals surface area contributed by atoms with Crippen molar-refractivity contribution in [3.63, 3.8) is 0 Å². The molecule has 27 heavy (non-hydrogen) atoms. The van der Waals surface area contributed by atoms with Crippen molar-refractivity contribution in [3.8, 4) is 5.75 Å². The highest BCUT2D eigenvalue weighted by Crippen LogP contribution is 2.29. The van der Waals surface area contributed by atoms with Crippen molar-refractivity contribution in [1.82, 2.24) is 4.31 Å². The molecule has 146 valence electrons. The Morgan fingerprint density at radius 2 is 1.78 bits per heavy atom. The van der Waals surface area contributed by atoms with E-state index in [-0.39, 0.29) is 11.5 Å². The van der Waals surface area contributed by atoms with Crippen LogP contribution in [-0.4, -0.2) is 53.4 Å². The van der Waals surface area contributed by atoms with E-state index in [9.17, 15) is 13.2 Å². The number of ether oxygens (including phenoxy) is 1. The molecule has 0 heterocycles. The minimum atomic E-state index is -3.62. The van der Waals surface area contributed by atoms with Gasteiger partial charge in [0, 0.05) is 28.2 Å². The molecular formula is C18H22ClN3O4S. The molecule has 0 aliphatic heterocycles. The third kappa shape index (κ3) is 5.12. The maximum Gasteiger partial charge on any atom is 0.262 e. The number of sulfonamides is 1. The topological polar surface area (TPSA) is 79.0 Å². The molecule has 0 saturated heterocycles. The van der Waals surface area contributed by atoms with E-state index in [2.05, 4.69) is 5.32 Å². The monoisotopic (exact) mass is 411 g/mol. The van der Waals surface area contributed by atoms with Gasteiger partial charge in [-0.05, 0) is 30.3 Å². The minimum absolute atomic E-state index is 0.0837. The van der Waals surface area contributed by atoms with Crippen molar-refractivity contribution in [2.24, 2.45) is 0 Å². The predicted molar refractivity (Wildman–Crippen MR) is 107 cm³/mol. The second-order valence-corrected chi connectivity index (χ2v) is 8.69. The normalized spacial score (nSPS) is 11.3. The van der Waals surface area contributed by atoms with Crippen LogP contribution in [0.4, 0.5) is 11.4 Å². The fourth-order valence-electron chi connectivity index (χ4n) is 2.27.